The van der Waals surface area contributed by atoms with Crippen molar-refractivity contribution in [1.82, 2.24) is 13.9 Å². The van der Waals surface area contributed by atoms with Crippen LogP contribution in [0.1, 0.15) is 33.9 Å². The van der Waals surface area contributed by atoms with Crippen molar-refractivity contribution < 1.29 is 9.90 Å². The minimum Gasteiger partial charge on any atom is -0.396 e. The fourth-order valence-electron chi connectivity index (χ4n) is 3.91. The van der Waals surface area contributed by atoms with Crippen LogP contribution in [-0.4, -0.2) is 31.6 Å². The summed E-state index contributed by atoms with van der Waals surface area (Å²) in [5.41, 5.74) is 9.93. The van der Waals surface area contributed by atoms with Crippen LogP contribution in [0.3, 0.4) is 0 Å². The largest absolute Gasteiger partial charge is 0.396 e. The molecule has 0 radical (unpaired) electrons. The summed E-state index contributed by atoms with van der Waals surface area (Å²) in [4.78, 5) is 25.7. The molecule has 3 N–H and O–H groups in total. The van der Waals surface area contributed by atoms with Crippen LogP contribution < -0.4 is 11.3 Å². The second-order valence-electron chi connectivity index (χ2n) is 6.95. The van der Waals surface area contributed by atoms with Crippen LogP contribution in [-0.2, 0) is 13.6 Å². The van der Waals surface area contributed by atoms with Crippen LogP contribution in [0, 0.1) is 20.8 Å². The molecule has 0 aliphatic carbocycles. The number of hydrogen-bond donors (Lipinski definition) is 2. The topological polar surface area (TPSA) is 95.2 Å². The predicted octanol–water partition coefficient (Wildman–Crippen LogP) is 2.05. The minimum atomic E-state index is -0.563. The Balaban J connectivity index is 2.34. The molecule has 1 aromatic carbocycles. The van der Waals surface area contributed by atoms with Crippen molar-refractivity contribution in [2.45, 2.75) is 33.7 Å². The van der Waals surface area contributed by atoms with Crippen molar-refractivity contribution in [2.24, 2.45) is 12.8 Å². The van der Waals surface area contributed by atoms with Gasteiger partial charge in [-0.15, -0.1) is 0 Å². The van der Waals surface area contributed by atoms with E-state index < -0.39 is 5.91 Å². The first-order chi connectivity index (χ1) is 13.3. The number of aliphatic hydroxyl groups is 1. The lowest BCUT2D eigenvalue weighted by atomic mass is 10.0. The smallest absolute Gasteiger partial charge is 0.279 e. The second kappa shape index (κ2) is 7.52. The van der Waals surface area contributed by atoms with E-state index in [4.69, 9.17) is 5.73 Å². The summed E-state index contributed by atoms with van der Waals surface area (Å²) in [7, 11) is 1.82. The van der Waals surface area contributed by atoms with E-state index in [2.05, 4.69) is 0 Å². The summed E-state index contributed by atoms with van der Waals surface area (Å²) in [6.07, 6.45) is 0.552. The van der Waals surface area contributed by atoms with Gasteiger partial charge in [0.2, 0.25) is 0 Å². The molecule has 1 amide bonds. The van der Waals surface area contributed by atoms with E-state index in [1.807, 2.05) is 62.7 Å². The Labute approximate surface area is 163 Å². The molecule has 0 fully saturated rings. The van der Waals surface area contributed by atoms with Crippen LogP contribution in [0.25, 0.3) is 16.8 Å². The van der Waals surface area contributed by atoms with Crippen LogP contribution in [0.15, 0.2) is 35.1 Å². The molecule has 0 saturated carbocycles. The van der Waals surface area contributed by atoms with Gasteiger partial charge in [0.1, 0.15) is 0 Å². The van der Waals surface area contributed by atoms with Crippen molar-refractivity contribution in [3.05, 3.63) is 63.3 Å². The lowest BCUT2D eigenvalue weighted by molar-refractivity contribution is 0.1000. The Bertz CT molecular complexity index is 1090. The highest BCUT2D eigenvalue weighted by atomic mass is 16.3. The summed E-state index contributed by atoms with van der Waals surface area (Å²) in [6, 6.07) is 9.37. The quantitative estimate of drug-likeness (QED) is 0.683. The fraction of sp³-hybridized carbons (Fsp3) is 0.333. The number of amides is 1. The number of aliphatic hydroxyl groups excluding tert-OH is 1. The maximum atomic E-state index is 13.4. The molecule has 0 aliphatic rings. The zero-order chi connectivity index (χ0) is 20.6. The number of carbonyl (C=O) groups is 1. The number of rotatable bonds is 6. The molecule has 3 rings (SSSR count). The summed E-state index contributed by atoms with van der Waals surface area (Å²) < 4.78 is 5.33. The predicted molar refractivity (Wildman–Crippen MR) is 109 cm³/mol. The van der Waals surface area contributed by atoms with Crippen LogP contribution in [0.5, 0.6) is 0 Å². The average Bonchev–Trinajstić information content (AvgIpc) is 3.03. The number of para-hydroxylation sites is 1. The normalized spacial score (nSPS) is 11.2. The van der Waals surface area contributed by atoms with Gasteiger partial charge in [-0.1, -0.05) is 18.2 Å². The first-order valence-corrected chi connectivity index (χ1v) is 9.26. The van der Waals surface area contributed by atoms with E-state index in [0.29, 0.717) is 35.3 Å². The van der Waals surface area contributed by atoms with E-state index in [0.717, 1.165) is 17.1 Å². The minimum absolute atomic E-state index is 0.0451. The summed E-state index contributed by atoms with van der Waals surface area (Å²) in [5, 5.41) is 9.20. The van der Waals surface area contributed by atoms with Crippen molar-refractivity contribution >= 4 is 5.91 Å². The van der Waals surface area contributed by atoms with E-state index in [1.54, 1.807) is 9.36 Å². The number of hydrogen-bond acceptors (Lipinski definition) is 3. The molecule has 7 nitrogen and oxygen atoms in total. The van der Waals surface area contributed by atoms with Crippen LogP contribution in [0.4, 0.5) is 0 Å². The summed E-state index contributed by atoms with van der Waals surface area (Å²) in [5.74, 6) is -0.563. The summed E-state index contributed by atoms with van der Waals surface area (Å²) >= 11 is 0. The molecule has 3 aromatic rings. The van der Waals surface area contributed by atoms with Crippen molar-refractivity contribution in [3.8, 4) is 16.8 Å². The van der Waals surface area contributed by atoms with E-state index in [-0.39, 0.29) is 12.2 Å². The molecular weight excluding hydrogens is 356 g/mol. The van der Waals surface area contributed by atoms with Crippen LogP contribution >= 0.6 is 0 Å². The summed E-state index contributed by atoms with van der Waals surface area (Å²) in [6.45, 7) is 6.16. The monoisotopic (exact) mass is 382 g/mol. The SMILES string of the molecule is Cc1c(C(N)=O)c(-c2c(C)n(C)n(-c3ccccc3)c2=O)c(C)n1CCCO. The van der Waals surface area contributed by atoms with Gasteiger partial charge < -0.3 is 15.4 Å². The zero-order valence-electron chi connectivity index (χ0n) is 16.7. The molecule has 2 aromatic heterocycles. The number of carbonyl (C=O) groups excluding carboxylic acids is 1. The average molecular weight is 382 g/mol. The third-order valence-electron chi connectivity index (χ3n) is 5.37. The molecule has 28 heavy (non-hydrogen) atoms. The third kappa shape index (κ3) is 2.97. The van der Waals surface area contributed by atoms with E-state index >= 15 is 0 Å². The van der Waals surface area contributed by atoms with Gasteiger partial charge in [-0.05, 0) is 39.3 Å². The number of nitrogens with zero attached hydrogens (tertiary/aromatic N) is 3. The molecule has 0 atom stereocenters. The van der Waals surface area contributed by atoms with Crippen LogP contribution in [0.2, 0.25) is 0 Å². The lowest BCUT2D eigenvalue weighted by Gasteiger charge is -2.08. The Morgan fingerprint density at radius 2 is 1.68 bits per heavy atom. The highest BCUT2D eigenvalue weighted by Gasteiger charge is 2.28. The molecular formula is C21H26N4O3. The number of aromatic nitrogens is 3. The van der Waals surface area contributed by atoms with Crippen molar-refractivity contribution in [1.29, 1.82) is 0 Å². The lowest BCUT2D eigenvalue weighted by Crippen LogP contribution is -2.20. The molecule has 0 spiro atoms. The third-order valence-corrected chi connectivity index (χ3v) is 5.37. The van der Waals surface area contributed by atoms with Gasteiger partial charge >= 0.3 is 0 Å². The molecule has 0 unspecified atom stereocenters. The highest BCUT2D eigenvalue weighted by Crippen LogP contribution is 2.33. The maximum absolute atomic E-state index is 13.4. The number of primary amides is 1. The second-order valence-corrected chi connectivity index (χ2v) is 6.95. The van der Waals surface area contributed by atoms with Crippen molar-refractivity contribution in [3.63, 3.8) is 0 Å². The molecule has 0 saturated heterocycles. The first-order valence-electron chi connectivity index (χ1n) is 9.26. The molecule has 7 heteroatoms. The fourth-order valence-corrected chi connectivity index (χ4v) is 3.91. The van der Waals surface area contributed by atoms with Gasteiger partial charge in [-0.2, -0.15) is 0 Å². The standard InChI is InChI=1S/C21H26N4O3/c1-13-19(21(28)25(23(13)4)16-9-6-5-7-10-16)17-14(2)24(11-8-12-26)15(3)18(17)20(22)27/h5-7,9-10,26H,8,11-12H2,1-4H3,(H2,22,27). The zero-order valence-corrected chi connectivity index (χ0v) is 16.7. The Morgan fingerprint density at radius 1 is 1.04 bits per heavy atom. The molecule has 148 valence electrons. The van der Waals surface area contributed by atoms with Gasteiger partial charge in [0.25, 0.3) is 11.5 Å². The van der Waals surface area contributed by atoms with E-state index in [9.17, 15) is 14.7 Å². The Kier molecular flexibility index (Phi) is 5.29. The molecule has 0 aliphatic heterocycles. The first kappa shape index (κ1) is 19.7. The van der Waals surface area contributed by atoms with Gasteiger partial charge in [-0.3, -0.25) is 14.3 Å². The highest BCUT2D eigenvalue weighted by molar-refractivity contribution is 6.02. The Hall–Kier alpha value is -3.06. The van der Waals surface area contributed by atoms with Gasteiger partial charge in [0, 0.05) is 42.8 Å². The van der Waals surface area contributed by atoms with Gasteiger partial charge in [0.05, 0.1) is 16.8 Å². The molecule has 0 bridgehead atoms. The Morgan fingerprint density at radius 3 is 2.25 bits per heavy atom. The van der Waals surface area contributed by atoms with Crippen molar-refractivity contribution in [2.75, 3.05) is 6.61 Å². The van der Waals surface area contributed by atoms with Gasteiger partial charge in [-0.25, -0.2) is 4.68 Å². The molecule has 2 heterocycles. The van der Waals surface area contributed by atoms with E-state index in [1.165, 1.54) is 0 Å². The number of benzene rings is 1. The maximum Gasteiger partial charge on any atom is 0.279 e. The van der Waals surface area contributed by atoms with Gasteiger partial charge in [0.15, 0.2) is 0 Å². The number of nitrogens with two attached hydrogens (primary N) is 1.